The number of hydrogen-bond donors (Lipinski definition) is 2. The summed E-state index contributed by atoms with van der Waals surface area (Å²) in [6.07, 6.45) is 0.801. The third-order valence-electron chi connectivity index (χ3n) is 2.75. The zero-order chi connectivity index (χ0) is 13.1. The molecule has 0 saturated carbocycles. The van der Waals surface area contributed by atoms with Crippen molar-refractivity contribution in [2.75, 3.05) is 19.4 Å². The predicted molar refractivity (Wildman–Crippen MR) is 76.0 cm³/mol. The second-order valence-electron chi connectivity index (χ2n) is 4.05. The van der Waals surface area contributed by atoms with Gasteiger partial charge in [-0.1, -0.05) is 0 Å². The SMILES string of the molecule is COc1ccc(-c2nc(N)sc2CCN)cc1C. The minimum atomic E-state index is 0.585. The number of nitrogens with zero attached hydrogens (tertiary/aromatic N) is 1. The smallest absolute Gasteiger partial charge is 0.180 e. The second kappa shape index (κ2) is 5.37. The first-order valence-electron chi connectivity index (χ1n) is 5.76. The van der Waals surface area contributed by atoms with E-state index in [1.165, 1.54) is 11.3 Å². The fourth-order valence-corrected chi connectivity index (χ4v) is 2.79. The summed E-state index contributed by atoms with van der Waals surface area (Å²) in [6.45, 7) is 2.62. The van der Waals surface area contributed by atoms with Crippen molar-refractivity contribution in [3.63, 3.8) is 0 Å². The van der Waals surface area contributed by atoms with Crippen molar-refractivity contribution in [1.29, 1.82) is 0 Å². The molecule has 0 fully saturated rings. The highest BCUT2D eigenvalue weighted by molar-refractivity contribution is 7.15. The molecule has 4 nitrogen and oxygen atoms in total. The lowest BCUT2D eigenvalue weighted by molar-refractivity contribution is 0.412. The molecular formula is C13H17N3OS. The largest absolute Gasteiger partial charge is 0.496 e. The molecular weight excluding hydrogens is 246 g/mol. The lowest BCUT2D eigenvalue weighted by atomic mass is 10.1. The van der Waals surface area contributed by atoms with Crippen LogP contribution in [-0.2, 0) is 6.42 Å². The Kier molecular flexibility index (Phi) is 3.84. The van der Waals surface area contributed by atoms with E-state index in [0.29, 0.717) is 11.7 Å². The Hall–Kier alpha value is -1.59. The van der Waals surface area contributed by atoms with Gasteiger partial charge in [0, 0.05) is 10.4 Å². The molecule has 0 spiro atoms. The summed E-state index contributed by atoms with van der Waals surface area (Å²) in [5, 5.41) is 0.585. The Morgan fingerprint density at radius 3 is 2.78 bits per heavy atom. The molecule has 0 bridgehead atoms. The van der Waals surface area contributed by atoms with Gasteiger partial charge in [0.2, 0.25) is 0 Å². The van der Waals surface area contributed by atoms with E-state index in [-0.39, 0.29) is 0 Å². The maximum atomic E-state index is 5.78. The van der Waals surface area contributed by atoms with E-state index in [1.807, 2.05) is 19.1 Å². The summed E-state index contributed by atoms with van der Waals surface area (Å²) in [6, 6.07) is 6.01. The van der Waals surface area contributed by atoms with Gasteiger partial charge in [0.05, 0.1) is 12.8 Å². The molecule has 0 atom stereocenters. The van der Waals surface area contributed by atoms with Crippen LogP contribution in [-0.4, -0.2) is 18.6 Å². The van der Waals surface area contributed by atoms with Crippen LogP contribution in [0.25, 0.3) is 11.3 Å². The molecule has 0 unspecified atom stereocenters. The minimum Gasteiger partial charge on any atom is -0.496 e. The molecule has 2 rings (SSSR count). The normalized spacial score (nSPS) is 10.6. The number of benzene rings is 1. The Labute approximate surface area is 111 Å². The molecule has 2 aromatic rings. The number of rotatable bonds is 4. The van der Waals surface area contributed by atoms with Crippen LogP contribution in [0.3, 0.4) is 0 Å². The molecule has 4 N–H and O–H groups in total. The van der Waals surface area contributed by atoms with Crippen molar-refractivity contribution >= 4 is 16.5 Å². The lowest BCUT2D eigenvalue weighted by Gasteiger charge is -2.07. The van der Waals surface area contributed by atoms with Crippen molar-refractivity contribution in [3.05, 3.63) is 28.6 Å². The molecule has 18 heavy (non-hydrogen) atoms. The van der Waals surface area contributed by atoms with Gasteiger partial charge in [-0.3, -0.25) is 0 Å². The number of thiazole rings is 1. The molecule has 0 saturated heterocycles. The van der Waals surface area contributed by atoms with E-state index < -0.39 is 0 Å². The van der Waals surface area contributed by atoms with Crippen molar-refractivity contribution < 1.29 is 4.74 Å². The molecule has 0 aliphatic heterocycles. The first-order chi connectivity index (χ1) is 8.65. The number of ether oxygens (including phenoxy) is 1. The molecule has 1 heterocycles. The summed E-state index contributed by atoms with van der Waals surface area (Å²) in [5.41, 5.74) is 14.5. The van der Waals surface area contributed by atoms with E-state index in [4.69, 9.17) is 16.2 Å². The predicted octanol–water partition coefficient (Wildman–Crippen LogP) is 2.21. The summed E-state index contributed by atoms with van der Waals surface area (Å²) >= 11 is 1.51. The highest BCUT2D eigenvalue weighted by Crippen LogP contribution is 2.32. The molecule has 96 valence electrons. The summed E-state index contributed by atoms with van der Waals surface area (Å²) in [4.78, 5) is 5.53. The Morgan fingerprint density at radius 2 is 2.17 bits per heavy atom. The molecule has 1 aromatic heterocycles. The average Bonchev–Trinajstić information content (AvgIpc) is 2.71. The zero-order valence-electron chi connectivity index (χ0n) is 10.6. The third-order valence-corrected chi connectivity index (χ3v) is 3.70. The number of nitrogens with two attached hydrogens (primary N) is 2. The number of anilines is 1. The van der Waals surface area contributed by atoms with E-state index in [1.54, 1.807) is 7.11 Å². The lowest BCUT2D eigenvalue weighted by Crippen LogP contribution is -2.02. The van der Waals surface area contributed by atoms with Gasteiger partial charge in [-0.05, 0) is 43.7 Å². The van der Waals surface area contributed by atoms with Gasteiger partial charge in [0.15, 0.2) is 5.13 Å². The number of aryl methyl sites for hydroxylation is 1. The Morgan fingerprint density at radius 1 is 1.39 bits per heavy atom. The number of nitrogen functional groups attached to an aromatic ring is 1. The van der Waals surface area contributed by atoms with Gasteiger partial charge >= 0.3 is 0 Å². The fourth-order valence-electron chi connectivity index (χ4n) is 1.92. The topological polar surface area (TPSA) is 74.2 Å². The highest BCUT2D eigenvalue weighted by atomic mass is 32.1. The van der Waals surface area contributed by atoms with Gasteiger partial charge in [-0.25, -0.2) is 4.98 Å². The van der Waals surface area contributed by atoms with E-state index in [0.717, 1.165) is 33.9 Å². The van der Waals surface area contributed by atoms with Crippen LogP contribution < -0.4 is 16.2 Å². The van der Waals surface area contributed by atoms with Crippen LogP contribution in [0.5, 0.6) is 5.75 Å². The van der Waals surface area contributed by atoms with Crippen LogP contribution in [0.4, 0.5) is 5.13 Å². The fraction of sp³-hybridized carbons (Fsp3) is 0.308. The minimum absolute atomic E-state index is 0.585. The molecule has 0 amide bonds. The van der Waals surface area contributed by atoms with Gasteiger partial charge in [-0.2, -0.15) is 0 Å². The number of methoxy groups -OCH3 is 1. The van der Waals surface area contributed by atoms with E-state index >= 15 is 0 Å². The highest BCUT2D eigenvalue weighted by Gasteiger charge is 2.12. The zero-order valence-corrected chi connectivity index (χ0v) is 11.4. The molecule has 0 radical (unpaired) electrons. The standard InChI is InChI=1S/C13H17N3OS/c1-8-7-9(3-4-10(8)17-2)12-11(5-6-14)18-13(15)16-12/h3-4,7H,5-6,14H2,1-2H3,(H2,15,16). The second-order valence-corrected chi connectivity index (χ2v) is 5.16. The van der Waals surface area contributed by atoms with Crippen molar-refractivity contribution in [1.82, 2.24) is 4.98 Å². The van der Waals surface area contributed by atoms with Gasteiger partial charge < -0.3 is 16.2 Å². The van der Waals surface area contributed by atoms with Gasteiger partial charge in [0.1, 0.15) is 5.75 Å². The molecule has 0 aliphatic carbocycles. The molecule has 5 heteroatoms. The third kappa shape index (κ3) is 2.47. The summed E-state index contributed by atoms with van der Waals surface area (Å²) in [5.74, 6) is 0.877. The molecule has 0 aliphatic rings. The Bertz CT molecular complexity index is 551. The maximum absolute atomic E-state index is 5.78. The van der Waals surface area contributed by atoms with Crippen LogP contribution in [0.2, 0.25) is 0 Å². The van der Waals surface area contributed by atoms with E-state index in [2.05, 4.69) is 11.1 Å². The average molecular weight is 263 g/mol. The van der Waals surface area contributed by atoms with Crippen LogP contribution >= 0.6 is 11.3 Å². The summed E-state index contributed by atoms with van der Waals surface area (Å²) < 4.78 is 5.26. The summed E-state index contributed by atoms with van der Waals surface area (Å²) in [7, 11) is 1.67. The maximum Gasteiger partial charge on any atom is 0.180 e. The van der Waals surface area contributed by atoms with Gasteiger partial charge in [-0.15, -0.1) is 11.3 Å². The molecule has 1 aromatic carbocycles. The van der Waals surface area contributed by atoms with Crippen LogP contribution in [0.15, 0.2) is 18.2 Å². The van der Waals surface area contributed by atoms with Crippen molar-refractivity contribution in [2.24, 2.45) is 5.73 Å². The Balaban J connectivity index is 2.44. The number of aromatic nitrogens is 1. The number of hydrogen-bond acceptors (Lipinski definition) is 5. The van der Waals surface area contributed by atoms with Gasteiger partial charge in [0.25, 0.3) is 0 Å². The van der Waals surface area contributed by atoms with E-state index in [9.17, 15) is 0 Å². The van der Waals surface area contributed by atoms with Crippen LogP contribution in [0, 0.1) is 6.92 Å². The first kappa shape index (κ1) is 12.9. The van der Waals surface area contributed by atoms with Crippen LogP contribution in [0.1, 0.15) is 10.4 Å². The van der Waals surface area contributed by atoms with Crippen molar-refractivity contribution in [3.8, 4) is 17.0 Å². The monoisotopic (exact) mass is 263 g/mol. The quantitative estimate of drug-likeness (QED) is 0.887. The van der Waals surface area contributed by atoms with Crippen molar-refractivity contribution in [2.45, 2.75) is 13.3 Å². The first-order valence-corrected chi connectivity index (χ1v) is 6.57.